The third kappa shape index (κ3) is 2.42. The van der Waals surface area contributed by atoms with E-state index < -0.39 is 10.0 Å². The fourth-order valence-electron chi connectivity index (χ4n) is 2.52. The Bertz CT molecular complexity index is 839. The van der Waals surface area contributed by atoms with Gasteiger partial charge in [-0.2, -0.15) is 0 Å². The summed E-state index contributed by atoms with van der Waals surface area (Å²) in [4.78, 5) is 0.0791. The minimum absolute atomic E-state index is 0.0791. The summed E-state index contributed by atoms with van der Waals surface area (Å²) in [5, 5.41) is 0.224. The Morgan fingerprint density at radius 3 is 2.68 bits per heavy atom. The van der Waals surface area contributed by atoms with Crippen LogP contribution in [0.3, 0.4) is 0 Å². The molecule has 4 nitrogen and oxygen atoms in total. The molecule has 3 rings (SSSR count). The predicted octanol–water partition coefficient (Wildman–Crippen LogP) is 3.24. The summed E-state index contributed by atoms with van der Waals surface area (Å²) in [6, 6.07) is 8.43. The fraction of sp³-hybridized carbons (Fsp3) is 0.200. The molecule has 0 N–H and O–H groups in total. The van der Waals surface area contributed by atoms with Crippen LogP contribution < -0.4 is 9.04 Å². The first-order valence-electron chi connectivity index (χ1n) is 6.58. The smallest absolute Gasteiger partial charge is 0.264 e. The number of halogens is 2. The van der Waals surface area contributed by atoms with Crippen molar-refractivity contribution in [3.63, 3.8) is 0 Å². The summed E-state index contributed by atoms with van der Waals surface area (Å²) in [7, 11) is -2.28. The van der Waals surface area contributed by atoms with Crippen LogP contribution in [0.4, 0.5) is 10.1 Å². The molecule has 0 unspecified atom stereocenters. The second-order valence-corrected chi connectivity index (χ2v) is 7.17. The molecule has 116 valence electrons. The average molecular weight is 342 g/mol. The average Bonchev–Trinajstić information content (AvgIpc) is 2.90. The molecule has 1 heterocycles. The van der Waals surface area contributed by atoms with Crippen molar-refractivity contribution in [2.75, 3.05) is 18.0 Å². The zero-order valence-electron chi connectivity index (χ0n) is 11.7. The molecule has 7 heteroatoms. The van der Waals surface area contributed by atoms with Crippen LogP contribution in [-0.2, 0) is 16.4 Å². The van der Waals surface area contributed by atoms with E-state index in [1.54, 1.807) is 0 Å². The van der Waals surface area contributed by atoms with E-state index in [0.717, 1.165) is 0 Å². The molecule has 0 aliphatic carbocycles. The molecule has 0 saturated heterocycles. The molecule has 0 bridgehead atoms. The molecule has 0 amide bonds. The van der Waals surface area contributed by atoms with Crippen LogP contribution in [0.5, 0.6) is 5.75 Å². The summed E-state index contributed by atoms with van der Waals surface area (Å²) in [5.74, 6) is 0.0370. The normalized spacial score (nSPS) is 14.0. The lowest BCUT2D eigenvalue weighted by molar-refractivity contribution is 0.414. The quantitative estimate of drug-likeness (QED) is 0.861. The van der Waals surface area contributed by atoms with Gasteiger partial charge in [0.2, 0.25) is 0 Å². The zero-order valence-corrected chi connectivity index (χ0v) is 13.3. The van der Waals surface area contributed by atoms with E-state index in [-0.39, 0.29) is 22.3 Å². The standard InChI is InChI=1S/C15H13ClFNO3S/c1-21-15-5-3-12(9-13(15)16)22(19,20)18-7-6-10-8-11(17)2-4-14(10)18/h2-5,8-9H,6-7H2,1H3. The first-order chi connectivity index (χ1) is 10.4. The molecule has 0 atom stereocenters. The molecule has 0 radical (unpaired) electrons. The van der Waals surface area contributed by atoms with Gasteiger partial charge >= 0.3 is 0 Å². The van der Waals surface area contributed by atoms with E-state index in [4.69, 9.17) is 16.3 Å². The molecule has 2 aromatic rings. The highest BCUT2D eigenvalue weighted by Crippen LogP contribution is 2.35. The van der Waals surface area contributed by atoms with Crippen LogP contribution in [0.2, 0.25) is 5.02 Å². The topological polar surface area (TPSA) is 46.6 Å². The Morgan fingerprint density at radius 2 is 2.00 bits per heavy atom. The van der Waals surface area contributed by atoms with Gasteiger partial charge in [0.1, 0.15) is 11.6 Å². The molecule has 1 aliphatic rings. The van der Waals surface area contributed by atoms with Crippen molar-refractivity contribution < 1.29 is 17.5 Å². The largest absolute Gasteiger partial charge is 0.495 e. The Morgan fingerprint density at radius 1 is 1.23 bits per heavy atom. The molecule has 0 saturated carbocycles. The van der Waals surface area contributed by atoms with E-state index in [1.807, 2.05) is 0 Å². The number of rotatable bonds is 3. The van der Waals surface area contributed by atoms with Gasteiger partial charge in [-0.25, -0.2) is 12.8 Å². The second kappa shape index (κ2) is 5.44. The highest BCUT2D eigenvalue weighted by atomic mass is 35.5. The van der Waals surface area contributed by atoms with Crippen molar-refractivity contribution in [2.45, 2.75) is 11.3 Å². The minimum Gasteiger partial charge on any atom is -0.495 e. The van der Waals surface area contributed by atoms with Crippen LogP contribution in [0, 0.1) is 5.82 Å². The molecule has 0 aromatic heterocycles. The van der Waals surface area contributed by atoms with E-state index >= 15 is 0 Å². The van der Waals surface area contributed by atoms with Gasteiger partial charge in [0.05, 0.1) is 22.7 Å². The van der Waals surface area contributed by atoms with Gasteiger partial charge in [-0.1, -0.05) is 11.6 Å². The van der Waals surface area contributed by atoms with Gasteiger partial charge < -0.3 is 4.74 Å². The molecule has 1 aliphatic heterocycles. The maximum atomic E-state index is 13.2. The molecule has 0 spiro atoms. The van der Waals surface area contributed by atoms with E-state index in [2.05, 4.69) is 0 Å². The van der Waals surface area contributed by atoms with Gasteiger partial charge in [0.25, 0.3) is 10.0 Å². The number of hydrogen-bond donors (Lipinski definition) is 0. The second-order valence-electron chi connectivity index (χ2n) is 4.90. The summed E-state index contributed by atoms with van der Waals surface area (Å²) >= 11 is 6.01. The maximum Gasteiger partial charge on any atom is 0.264 e. The predicted molar refractivity (Wildman–Crippen MR) is 82.6 cm³/mol. The monoisotopic (exact) mass is 341 g/mol. The lowest BCUT2D eigenvalue weighted by atomic mass is 10.2. The molecular weight excluding hydrogens is 329 g/mol. The number of ether oxygens (including phenoxy) is 1. The van der Waals surface area contributed by atoms with Crippen LogP contribution in [0.25, 0.3) is 0 Å². The lowest BCUT2D eigenvalue weighted by Gasteiger charge is -2.20. The summed E-state index contributed by atoms with van der Waals surface area (Å²) in [5.41, 5.74) is 1.19. The summed E-state index contributed by atoms with van der Waals surface area (Å²) < 4.78 is 45.1. The van der Waals surface area contributed by atoms with Crippen molar-refractivity contribution in [3.8, 4) is 5.75 Å². The zero-order chi connectivity index (χ0) is 15.9. The highest BCUT2D eigenvalue weighted by Gasteiger charge is 2.31. The lowest BCUT2D eigenvalue weighted by Crippen LogP contribution is -2.29. The number of anilines is 1. The highest BCUT2D eigenvalue weighted by molar-refractivity contribution is 7.92. The Balaban J connectivity index is 2.04. The third-order valence-electron chi connectivity index (χ3n) is 3.61. The van der Waals surface area contributed by atoms with Gasteiger partial charge in [-0.3, -0.25) is 4.31 Å². The van der Waals surface area contributed by atoms with Crippen LogP contribution in [-0.4, -0.2) is 22.1 Å². The number of sulfonamides is 1. The van der Waals surface area contributed by atoms with Crippen molar-refractivity contribution in [3.05, 3.63) is 52.8 Å². The SMILES string of the molecule is COc1ccc(S(=O)(=O)N2CCc3cc(F)ccc32)cc1Cl. The van der Waals surface area contributed by atoms with E-state index in [0.29, 0.717) is 23.4 Å². The first-order valence-corrected chi connectivity index (χ1v) is 8.40. The summed E-state index contributed by atoms with van der Waals surface area (Å²) in [6.07, 6.45) is 0.482. The fourth-order valence-corrected chi connectivity index (χ4v) is 4.38. The Labute approximate surface area is 133 Å². The van der Waals surface area contributed by atoms with E-state index in [9.17, 15) is 12.8 Å². The van der Waals surface area contributed by atoms with Crippen LogP contribution in [0.1, 0.15) is 5.56 Å². The van der Waals surface area contributed by atoms with Crippen molar-refractivity contribution in [1.29, 1.82) is 0 Å². The van der Waals surface area contributed by atoms with Crippen molar-refractivity contribution in [2.24, 2.45) is 0 Å². The van der Waals surface area contributed by atoms with Crippen molar-refractivity contribution in [1.82, 2.24) is 0 Å². The molecule has 0 fully saturated rings. The van der Waals surface area contributed by atoms with Gasteiger partial charge in [-0.05, 0) is 48.4 Å². The first kappa shape index (κ1) is 15.1. The van der Waals surface area contributed by atoms with Crippen LogP contribution in [0.15, 0.2) is 41.3 Å². The van der Waals surface area contributed by atoms with Crippen LogP contribution >= 0.6 is 11.6 Å². The number of benzene rings is 2. The number of methoxy groups -OCH3 is 1. The third-order valence-corrected chi connectivity index (χ3v) is 5.71. The molecular formula is C15H13ClFNO3S. The number of hydrogen-bond acceptors (Lipinski definition) is 3. The summed E-state index contributed by atoms with van der Waals surface area (Å²) in [6.45, 7) is 0.283. The van der Waals surface area contributed by atoms with Gasteiger partial charge in [0, 0.05) is 6.54 Å². The molecule has 2 aromatic carbocycles. The van der Waals surface area contributed by atoms with Gasteiger partial charge in [-0.15, -0.1) is 0 Å². The van der Waals surface area contributed by atoms with Gasteiger partial charge in [0.15, 0.2) is 0 Å². The number of nitrogens with zero attached hydrogens (tertiary/aromatic N) is 1. The number of fused-ring (bicyclic) bond motifs is 1. The van der Waals surface area contributed by atoms with E-state index in [1.165, 1.54) is 47.8 Å². The van der Waals surface area contributed by atoms with Crippen molar-refractivity contribution >= 4 is 27.3 Å². The Kier molecular flexibility index (Phi) is 3.74. The Hall–Kier alpha value is -1.79. The minimum atomic E-state index is -3.74. The maximum absolute atomic E-state index is 13.2. The molecule has 22 heavy (non-hydrogen) atoms.